The van der Waals surface area contributed by atoms with E-state index in [-0.39, 0.29) is 5.41 Å². The fraction of sp³-hybridized carbons (Fsp3) is 0.357. The van der Waals surface area contributed by atoms with Crippen LogP contribution in [-0.4, -0.2) is 19.0 Å². The number of hydrogen-bond acceptors (Lipinski definition) is 1. The average Bonchev–Trinajstić information content (AvgIpc) is 2.33. The van der Waals surface area contributed by atoms with Crippen molar-refractivity contribution in [3.63, 3.8) is 0 Å². The molecule has 1 aromatic carbocycles. The SMILES string of the molecule is C=CCNC(N)=NCC(C)(C)c1c(Cl)cccc1Cl. The maximum absolute atomic E-state index is 6.22. The molecule has 0 bridgehead atoms. The lowest BCUT2D eigenvalue weighted by molar-refractivity contribution is 0.539. The molecular weight excluding hydrogens is 281 g/mol. The van der Waals surface area contributed by atoms with Crippen LogP contribution in [0.25, 0.3) is 0 Å². The number of rotatable bonds is 5. The molecule has 0 heterocycles. The van der Waals surface area contributed by atoms with Gasteiger partial charge >= 0.3 is 0 Å². The third-order valence-electron chi connectivity index (χ3n) is 2.71. The normalized spacial score (nSPS) is 12.3. The van der Waals surface area contributed by atoms with Crippen LogP contribution >= 0.6 is 23.2 Å². The average molecular weight is 300 g/mol. The minimum absolute atomic E-state index is 0.296. The van der Waals surface area contributed by atoms with Gasteiger partial charge in [-0.15, -0.1) is 6.58 Å². The first kappa shape index (κ1) is 15.9. The summed E-state index contributed by atoms with van der Waals surface area (Å²) in [7, 11) is 0. The molecule has 1 rings (SSSR count). The zero-order valence-corrected chi connectivity index (χ0v) is 12.7. The molecule has 5 heteroatoms. The highest BCUT2D eigenvalue weighted by Crippen LogP contribution is 2.35. The molecule has 0 saturated heterocycles. The summed E-state index contributed by atoms with van der Waals surface area (Å²) in [6.45, 7) is 8.75. The first-order valence-electron chi connectivity index (χ1n) is 5.97. The topological polar surface area (TPSA) is 50.4 Å². The summed E-state index contributed by atoms with van der Waals surface area (Å²) >= 11 is 12.4. The largest absolute Gasteiger partial charge is 0.370 e. The van der Waals surface area contributed by atoms with E-state index in [1.165, 1.54) is 0 Å². The van der Waals surface area contributed by atoms with E-state index in [0.29, 0.717) is 29.1 Å². The highest BCUT2D eigenvalue weighted by Gasteiger charge is 2.25. The summed E-state index contributed by atoms with van der Waals surface area (Å²) in [4.78, 5) is 4.31. The van der Waals surface area contributed by atoms with Gasteiger partial charge in [0, 0.05) is 22.0 Å². The molecule has 0 aliphatic carbocycles. The van der Waals surface area contributed by atoms with Gasteiger partial charge in [-0.2, -0.15) is 0 Å². The predicted molar refractivity (Wildman–Crippen MR) is 84.2 cm³/mol. The monoisotopic (exact) mass is 299 g/mol. The lowest BCUT2D eigenvalue weighted by atomic mass is 9.84. The number of nitrogens with one attached hydrogen (secondary N) is 1. The second-order valence-corrected chi connectivity index (χ2v) is 5.67. The molecule has 3 nitrogen and oxygen atoms in total. The fourth-order valence-electron chi connectivity index (χ4n) is 1.74. The predicted octanol–water partition coefficient (Wildman–Crippen LogP) is 3.36. The molecule has 0 amide bonds. The number of aliphatic imine (C=N–C) groups is 1. The summed E-state index contributed by atoms with van der Waals surface area (Å²) in [5.74, 6) is 0.385. The molecule has 0 aromatic heterocycles. The minimum Gasteiger partial charge on any atom is -0.370 e. The summed E-state index contributed by atoms with van der Waals surface area (Å²) in [5, 5.41) is 4.22. The van der Waals surface area contributed by atoms with E-state index >= 15 is 0 Å². The summed E-state index contributed by atoms with van der Waals surface area (Å²) in [5.41, 5.74) is 6.34. The number of halogens is 2. The van der Waals surface area contributed by atoms with Crippen molar-refractivity contribution >= 4 is 29.2 Å². The number of benzene rings is 1. The van der Waals surface area contributed by atoms with Gasteiger partial charge in [-0.25, -0.2) is 0 Å². The van der Waals surface area contributed by atoms with Crippen LogP contribution in [0.2, 0.25) is 10.0 Å². The number of hydrogen-bond donors (Lipinski definition) is 2. The van der Waals surface area contributed by atoms with Crippen molar-refractivity contribution in [2.75, 3.05) is 13.1 Å². The number of guanidine groups is 1. The molecular formula is C14H19Cl2N3. The second kappa shape index (κ2) is 6.83. The number of nitrogens with two attached hydrogens (primary N) is 1. The Morgan fingerprint density at radius 1 is 1.42 bits per heavy atom. The van der Waals surface area contributed by atoms with Gasteiger partial charge in [-0.05, 0) is 17.7 Å². The van der Waals surface area contributed by atoms with Gasteiger partial charge < -0.3 is 11.1 Å². The smallest absolute Gasteiger partial charge is 0.188 e. The van der Waals surface area contributed by atoms with Gasteiger partial charge in [0.05, 0.1) is 6.54 Å². The van der Waals surface area contributed by atoms with E-state index in [1.807, 2.05) is 32.0 Å². The lowest BCUT2D eigenvalue weighted by Gasteiger charge is -2.25. The van der Waals surface area contributed by atoms with E-state index < -0.39 is 0 Å². The molecule has 0 unspecified atom stereocenters. The fourth-order valence-corrected chi connectivity index (χ4v) is 2.65. The van der Waals surface area contributed by atoms with Crippen molar-refractivity contribution < 1.29 is 0 Å². The van der Waals surface area contributed by atoms with Crippen LogP contribution in [0, 0.1) is 0 Å². The minimum atomic E-state index is -0.296. The van der Waals surface area contributed by atoms with Crippen molar-refractivity contribution in [3.8, 4) is 0 Å². The van der Waals surface area contributed by atoms with E-state index in [1.54, 1.807) is 6.08 Å². The van der Waals surface area contributed by atoms with Crippen molar-refractivity contribution in [2.24, 2.45) is 10.7 Å². The number of nitrogens with zero attached hydrogens (tertiary/aromatic N) is 1. The molecule has 0 aliphatic rings. The van der Waals surface area contributed by atoms with Gasteiger partial charge in [-0.3, -0.25) is 4.99 Å². The van der Waals surface area contributed by atoms with Crippen molar-refractivity contribution in [3.05, 3.63) is 46.5 Å². The van der Waals surface area contributed by atoms with Gasteiger partial charge in [0.25, 0.3) is 0 Å². The molecule has 0 fully saturated rings. The molecule has 0 atom stereocenters. The lowest BCUT2D eigenvalue weighted by Crippen LogP contribution is -2.33. The van der Waals surface area contributed by atoms with Crippen LogP contribution in [0.4, 0.5) is 0 Å². The summed E-state index contributed by atoms with van der Waals surface area (Å²) in [6.07, 6.45) is 1.72. The standard InChI is InChI=1S/C14H19Cl2N3/c1-4-8-18-13(17)19-9-14(2,3)12-10(15)6-5-7-11(12)16/h4-7H,1,8-9H2,2-3H3,(H3,17,18,19). The Morgan fingerprint density at radius 2 is 2.00 bits per heavy atom. The van der Waals surface area contributed by atoms with Gasteiger partial charge in [0.1, 0.15) is 0 Å². The van der Waals surface area contributed by atoms with E-state index in [2.05, 4.69) is 16.9 Å². The van der Waals surface area contributed by atoms with Crippen molar-refractivity contribution in [1.82, 2.24) is 5.32 Å². The van der Waals surface area contributed by atoms with E-state index in [9.17, 15) is 0 Å². The molecule has 0 spiro atoms. The van der Waals surface area contributed by atoms with Gasteiger partial charge in [-0.1, -0.05) is 49.2 Å². The van der Waals surface area contributed by atoms with Crippen molar-refractivity contribution in [1.29, 1.82) is 0 Å². The first-order valence-corrected chi connectivity index (χ1v) is 6.73. The molecule has 0 saturated carbocycles. The quantitative estimate of drug-likeness (QED) is 0.498. The molecule has 0 radical (unpaired) electrons. The third kappa shape index (κ3) is 4.44. The summed E-state index contributed by atoms with van der Waals surface area (Å²) in [6, 6.07) is 5.48. The Labute approximate surface area is 124 Å². The van der Waals surface area contributed by atoms with Crippen molar-refractivity contribution in [2.45, 2.75) is 19.3 Å². The van der Waals surface area contributed by atoms with Crippen LogP contribution in [0.3, 0.4) is 0 Å². The summed E-state index contributed by atoms with van der Waals surface area (Å²) < 4.78 is 0. The Morgan fingerprint density at radius 3 is 2.53 bits per heavy atom. The third-order valence-corrected chi connectivity index (χ3v) is 3.34. The van der Waals surface area contributed by atoms with Gasteiger partial charge in [0.15, 0.2) is 5.96 Å². The second-order valence-electron chi connectivity index (χ2n) is 4.85. The Hall–Kier alpha value is -1.19. The highest BCUT2D eigenvalue weighted by atomic mass is 35.5. The Balaban J connectivity index is 2.89. The van der Waals surface area contributed by atoms with E-state index in [4.69, 9.17) is 28.9 Å². The Kier molecular flexibility index (Phi) is 5.70. The zero-order valence-electron chi connectivity index (χ0n) is 11.2. The molecule has 104 valence electrons. The highest BCUT2D eigenvalue weighted by molar-refractivity contribution is 6.36. The van der Waals surface area contributed by atoms with Crippen LogP contribution < -0.4 is 11.1 Å². The molecule has 1 aromatic rings. The molecule has 19 heavy (non-hydrogen) atoms. The zero-order chi connectivity index (χ0) is 14.5. The molecule has 3 N–H and O–H groups in total. The van der Waals surface area contributed by atoms with Crippen LogP contribution in [0.15, 0.2) is 35.8 Å². The van der Waals surface area contributed by atoms with Crippen LogP contribution in [0.1, 0.15) is 19.4 Å². The van der Waals surface area contributed by atoms with Crippen LogP contribution in [0.5, 0.6) is 0 Å². The Bertz CT molecular complexity index is 461. The van der Waals surface area contributed by atoms with E-state index in [0.717, 1.165) is 5.56 Å². The molecule has 0 aliphatic heterocycles. The van der Waals surface area contributed by atoms with Gasteiger partial charge in [0.2, 0.25) is 0 Å². The van der Waals surface area contributed by atoms with Crippen LogP contribution in [-0.2, 0) is 5.41 Å². The maximum Gasteiger partial charge on any atom is 0.188 e. The maximum atomic E-state index is 6.22. The first-order chi connectivity index (χ1) is 8.88.